The molecule has 106 valence electrons. The number of nitrogens with zero attached hydrogens (tertiary/aromatic N) is 4. The fourth-order valence-corrected chi connectivity index (χ4v) is 2.28. The molecule has 0 radical (unpaired) electrons. The molecular weight excluding hydrogens is 292 g/mol. The van der Waals surface area contributed by atoms with E-state index in [9.17, 15) is 9.90 Å². The number of aryl methyl sites for hydroxylation is 1. The third-order valence-electron chi connectivity index (χ3n) is 3.02. The Morgan fingerprint density at radius 3 is 2.57 bits per heavy atom. The smallest absolute Gasteiger partial charge is 0.341 e. The second-order valence-corrected chi connectivity index (χ2v) is 4.88. The number of para-hydroxylation sites is 1. The van der Waals surface area contributed by atoms with Crippen LogP contribution in [0.3, 0.4) is 0 Å². The Kier molecular flexibility index (Phi) is 3.23. The van der Waals surface area contributed by atoms with E-state index in [1.54, 1.807) is 17.8 Å². The molecule has 0 amide bonds. The first-order valence-electron chi connectivity index (χ1n) is 6.17. The lowest BCUT2D eigenvalue weighted by atomic mass is 10.2. The maximum absolute atomic E-state index is 11.5. The van der Waals surface area contributed by atoms with Gasteiger partial charge in [0.2, 0.25) is 0 Å². The lowest BCUT2D eigenvalue weighted by Gasteiger charge is -2.08. The lowest BCUT2D eigenvalue weighted by molar-refractivity contribution is 0.0696. The number of hydrogen-bond acceptors (Lipinski definition) is 3. The van der Waals surface area contributed by atoms with Crippen molar-refractivity contribution >= 4 is 17.6 Å². The van der Waals surface area contributed by atoms with Crippen LogP contribution in [0.15, 0.2) is 42.7 Å². The molecular formula is C14H11ClN4O2. The average Bonchev–Trinajstić information content (AvgIpc) is 3.03. The van der Waals surface area contributed by atoms with Gasteiger partial charge in [0.15, 0.2) is 5.82 Å². The minimum absolute atomic E-state index is 0.0959. The normalized spacial score (nSPS) is 10.8. The van der Waals surface area contributed by atoms with Gasteiger partial charge in [0, 0.05) is 0 Å². The SMILES string of the molecule is Cc1nn(-c2ccccc2)c(-n2cc(Cl)cn2)c1C(=O)O. The van der Waals surface area contributed by atoms with Crippen LogP contribution in [0.1, 0.15) is 16.1 Å². The maximum atomic E-state index is 11.5. The molecule has 0 aliphatic heterocycles. The lowest BCUT2D eigenvalue weighted by Crippen LogP contribution is -2.10. The predicted octanol–water partition coefficient (Wildman–Crippen LogP) is 2.72. The van der Waals surface area contributed by atoms with E-state index >= 15 is 0 Å². The molecule has 0 bridgehead atoms. The van der Waals surface area contributed by atoms with Crippen LogP contribution in [0, 0.1) is 6.92 Å². The molecule has 1 aromatic carbocycles. The van der Waals surface area contributed by atoms with Crippen molar-refractivity contribution in [3.63, 3.8) is 0 Å². The van der Waals surface area contributed by atoms with Crippen LogP contribution in [0.2, 0.25) is 5.02 Å². The standard InChI is InChI=1S/C14H11ClN4O2/c1-9-12(14(20)21)13(18-8-10(15)7-16-18)19(17-9)11-5-3-2-4-6-11/h2-8H,1H3,(H,20,21). The average molecular weight is 303 g/mol. The van der Waals surface area contributed by atoms with Crippen LogP contribution < -0.4 is 0 Å². The molecule has 0 spiro atoms. The second kappa shape index (κ2) is 5.06. The van der Waals surface area contributed by atoms with Crippen LogP contribution in [0.25, 0.3) is 11.5 Å². The predicted molar refractivity (Wildman–Crippen MR) is 77.4 cm³/mol. The van der Waals surface area contributed by atoms with Crippen molar-refractivity contribution in [2.24, 2.45) is 0 Å². The van der Waals surface area contributed by atoms with Crippen molar-refractivity contribution in [1.82, 2.24) is 19.6 Å². The number of aromatic nitrogens is 4. The number of hydrogen-bond donors (Lipinski definition) is 1. The third kappa shape index (κ3) is 2.30. The Morgan fingerprint density at radius 1 is 1.29 bits per heavy atom. The van der Waals surface area contributed by atoms with Crippen molar-refractivity contribution in [3.05, 3.63) is 59.0 Å². The highest BCUT2D eigenvalue weighted by molar-refractivity contribution is 6.30. The molecule has 0 aliphatic rings. The summed E-state index contributed by atoms with van der Waals surface area (Å²) in [5.41, 5.74) is 1.25. The van der Waals surface area contributed by atoms with Gasteiger partial charge in [0.25, 0.3) is 0 Å². The molecule has 2 aromatic heterocycles. The largest absolute Gasteiger partial charge is 0.477 e. The second-order valence-electron chi connectivity index (χ2n) is 4.44. The maximum Gasteiger partial charge on any atom is 0.341 e. The number of carboxylic acid groups (broad SMARTS) is 1. The number of aromatic carboxylic acids is 1. The summed E-state index contributed by atoms with van der Waals surface area (Å²) in [4.78, 5) is 11.5. The van der Waals surface area contributed by atoms with Gasteiger partial charge in [0.05, 0.1) is 28.8 Å². The highest BCUT2D eigenvalue weighted by atomic mass is 35.5. The first-order valence-corrected chi connectivity index (χ1v) is 6.54. The molecule has 2 heterocycles. The Morgan fingerprint density at radius 2 is 2.00 bits per heavy atom. The van der Waals surface area contributed by atoms with Gasteiger partial charge >= 0.3 is 5.97 Å². The molecule has 0 fully saturated rings. The highest BCUT2D eigenvalue weighted by Crippen LogP contribution is 2.23. The highest BCUT2D eigenvalue weighted by Gasteiger charge is 2.24. The molecule has 0 saturated heterocycles. The summed E-state index contributed by atoms with van der Waals surface area (Å²) in [6, 6.07) is 9.26. The van der Waals surface area contributed by atoms with Crippen molar-refractivity contribution in [2.45, 2.75) is 6.92 Å². The monoisotopic (exact) mass is 302 g/mol. The molecule has 7 heteroatoms. The fourth-order valence-electron chi connectivity index (χ4n) is 2.14. The molecule has 3 rings (SSSR count). The number of rotatable bonds is 3. The molecule has 0 aliphatic carbocycles. The van der Waals surface area contributed by atoms with Gasteiger partial charge in [-0.2, -0.15) is 10.2 Å². The van der Waals surface area contributed by atoms with Gasteiger partial charge in [-0.25, -0.2) is 14.2 Å². The van der Waals surface area contributed by atoms with Crippen molar-refractivity contribution in [3.8, 4) is 11.5 Å². The number of carbonyl (C=O) groups is 1. The van der Waals surface area contributed by atoms with Crippen LogP contribution in [0.4, 0.5) is 0 Å². The number of benzene rings is 1. The molecule has 1 N–H and O–H groups in total. The summed E-state index contributed by atoms with van der Waals surface area (Å²) in [5.74, 6) is -0.714. The topological polar surface area (TPSA) is 72.9 Å². The molecule has 0 atom stereocenters. The summed E-state index contributed by atoms with van der Waals surface area (Å²) in [7, 11) is 0. The Balaban J connectivity index is 2.31. The molecule has 6 nitrogen and oxygen atoms in total. The molecule has 21 heavy (non-hydrogen) atoms. The minimum atomic E-state index is -1.06. The van der Waals surface area contributed by atoms with E-state index in [0.717, 1.165) is 5.69 Å². The Labute approximate surface area is 125 Å². The van der Waals surface area contributed by atoms with Crippen molar-refractivity contribution in [2.75, 3.05) is 0 Å². The summed E-state index contributed by atoms with van der Waals surface area (Å²) >= 11 is 5.89. The molecule has 0 unspecified atom stereocenters. The van der Waals surface area contributed by atoms with E-state index in [-0.39, 0.29) is 5.56 Å². The summed E-state index contributed by atoms with van der Waals surface area (Å²) in [6.45, 7) is 1.65. The van der Waals surface area contributed by atoms with Gasteiger partial charge in [-0.1, -0.05) is 29.8 Å². The molecule has 0 saturated carbocycles. The Bertz CT molecular complexity index is 808. The van der Waals surface area contributed by atoms with Gasteiger partial charge in [0.1, 0.15) is 5.56 Å². The van der Waals surface area contributed by atoms with Crippen LogP contribution in [-0.4, -0.2) is 30.6 Å². The van der Waals surface area contributed by atoms with Crippen molar-refractivity contribution < 1.29 is 9.90 Å². The van der Waals surface area contributed by atoms with Crippen molar-refractivity contribution in [1.29, 1.82) is 0 Å². The summed E-state index contributed by atoms with van der Waals surface area (Å²) in [5, 5.41) is 18.3. The van der Waals surface area contributed by atoms with E-state index < -0.39 is 5.97 Å². The summed E-state index contributed by atoms with van der Waals surface area (Å²) in [6.07, 6.45) is 2.99. The quantitative estimate of drug-likeness (QED) is 0.807. The summed E-state index contributed by atoms with van der Waals surface area (Å²) < 4.78 is 2.96. The van der Waals surface area contributed by atoms with E-state index in [4.69, 9.17) is 11.6 Å². The zero-order valence-electron chi connectivity index (χ0n) is 11.1. The number of halogens is 1. The third-order valence-corrected chi connectivity index (χ3v) is 3.21. The van der Waals surface area contributed by atoms with Gasteiger partial charge in [-0.15, -0.1) is 0 Å². The van der Waals surface area contributed by atoms with Crippen LogP contribution in [-0.2, 0) is 0 Å². The first kappa shape index (κ1) is 13.4. The van der Waals surface area contributed by atoms with Gasteiger partial charge < -0.3 is 5.11 Å². The van der Waals surface area contributed by atoms with Crippen LogP contribution in [0.5, 0.6) is 0 Å². The number of carboxylic acids is 1. The van der Waals surface area contributed by atoms with Crippen LogP contribution >= 0.6 is 11.6 Å². The van der Waals surface area contributed by atoms with E-state index in [1.807, 2.05) is 30.3 Å². The van der Waals surface area contributed by atoms with Gasteiger partial charge in [-0.3, -0.25) is 0 Å². The van der Waals surface area contributed by atoms with Gasteiger partial charge in [-0.05, 0) is 19.1 Å². The minimum Gasteiger partial charge on any atom is -0.477 e. The van der Waals surface area contributed by atoms with E-state index in [0.29, 0.717) is 16.5 Å². The van der Waals surface area contributed by atoms with E-state index in [2.05, 4.69) is 10.2 Å². The Hall–Kier alpha value is -2.60. The fraction of sp³-hybridized carbons (Fsp3) is 0.0714. The molecule has 3 aromatic rings. The first-order chi connectivity index (χ1) is 10.1. The zero-order chi connectivity index (χ0) is 15.0. The van der Waals surface area contributed by atoms with E-state index in [1.165, 1.54) is 10.9 Å². The zero-order valence-corrected chi connectivity index (χ0v) is 11.8.